The number of carbonyl (C=O) groups is 1. The van der Waals surface area contributed by atoms with Crippen molar-refractivity contribution in [1.82, 2.24) is 0 Å². The van der Waals surface area contributed by atoms with Crippen LogP contribution < -0.4 is 0 Å². The van der Waals surface area contributed by atoms with E-state index in [0.717, 1.165) is 26.7 Å². The molecule has 1 aromatic heterocycles. The lowest BCUT2D eigenvalue weighted by atomic mass is 10.0. The third-order valence-electron chi connectivity index (χ3n) is 2.80. The molecule has 0 aliphatic heterocycles. The summed E-state index contributed by atoms with van der Waals surface area (Å²) in [4.78, 5) is 11.6. The van der Waals surface area contributed by atoms with E-state index >= 15 is 0 Å². The number of aromatic carboxylic acids is 1. The number of benzene rings is 1. The number of thiophene rings is 1. The molecule has 0 saturated carbocycles. The third kappa shape index (κ3) is 2.48. The zero-order valence-corrected chi connectivity index (χ0v) is 12.3. The van der Waals surface area contributed by atoms with Gasteiger partial charge in [-0.3, -0.25) is 0 Å². The molecule has 0 fully saturated rings. The molecule has 1 N–H and O–H groups in total. The van der Waals surface area contributed by atoms with E-state index in [4.69, 9.17) is 0 Å². The summed E-state index contributed by atoms with van der Waals surface area (Å²) in [6.45, 7) is 3.68. The normalized spacial score (nSPS) is 10.0. The van der Waals surface area contributed by atoms with Gasteiger partial charge in [-0.25, -0.2) is 4.79 Å². The number of rotatable bonds is 4. The average molecular weight is 301 g/mol. The van der Waals surface area contributed by atoms with Gasteiger partial charge in [0.05, 0.1) is 9.77 Å². The average Bonchev–Trinajstić information content (AvgIpc) is 2.86. The molecular formula is C15H11NO2S2. The Morgan fingerprint density at radius 2 is 2.10 bits per heavy atom. The monoisotopic (exact) mass is 301 g/mol. The van der Waals surface area contributed by atoms with Crippen molar-refractivity contribution in [3.8, 4) is 17.2 Å². The summed E-state index contributed by atoms with van der Waals surface area (Å²) in [5, 5.41) is 18.7. The molecule has 0 atom stereocenters. The molecule has 0 radical (unpaired) electrons. The van der Waals surface area contributed by atoms with Crippen molar-refractivity contribution in [3.05, 3.63) is 46.8 Å². The highest BCUT2D eigenvalue weighted by atomic mass is 32.2. The van der Waals surface area contributed by atoms with Crippen LogP contribution in [0.2, 0.25) is 0 Å². The first-order chi connectivity index (χ1) is 9.62. The SMILES string of the molecule is C=Cc1ccc(-c2c(C(=O)O)sc(SC)c2C#N)cc1. The van der Waals surface area contributed by atoms with E-state index in [1.807, 2.05) is 30.5 Å². The Morgan fingerprint density at radius 3 is 2.55 bits per heavy atom. The highest BCUT2D eigenvalue weighted by Gasteiger charge is 2.23. The molecule has 3 nitrogen and oxygen atoms in total. The smallest absolute Gasteiger partial charge is 0.346 e. The third-order valence-corrected chi connectivity index (χ3v) is 5.10. The van der Waals surface area contributed by atoms with Crippen molar-refractivity contribution < 1.29 is 9.90 Å². The topological polar surface area (TPSA) is 61.1 Å². The zero-order valence-electron chi connectivity index (χ0n) is 10.7. The fourth-order valence-corrected chi connectivity index (χ4v) is 3.65. The van der Waals surface area contributed by atoms with E-state index in [-0.39, 0.29) is 4.88 Å². The maximum absolute atomic E-state index is 11.4. The second-order valence-corrected chi connectivity index (χ2v) is 6.01. The van der Waals surface area contributed by atoms with Crippen LogP contribution in [0.4, 0.5) is 0 Å². The van der Waals surface area contributed by atoms with Gasteiger partial charge in [0.15, 0.2) is 0 Å². The summed E-state index contributed by atoms with van der Waals surface area (Å²) in [7, 11) is 0. The van der Waals surface area contributed by atoms with E-state index in [1.165, 1.54) is 11.8 Å². The van der Waals surface area contributed by atoms with Gasteiger partial charge in [0.2, 0.25) is 0 Å². The molecule has 20 heavy (non-hydrogen) atoms. The minimum atomic E-state index is -1.01. The minimum Gasteiger partial charge on any atom is -0.477 e. The van der Waals surface area contributed by atoms with Gasteiger partial charge < -0.3 is 5.11 Å². The van der Waals surface area contributed by atoms with Gasteiger partial charge in [-0.1, -0.05) is 36.9 Å². The first kappa shape index (κ1) is 14.4. The van der Waals surface area contributed by atoms with Crippen molar-refractivity contribution in [3.63, 3.8) is 0 Å². The number of hydrogen-bond donors (Lipinski definition) is 1. The van der Waals surface area contributed by atoms with E-state index in [0.29, 0.717) is 11.1 Å². The van der Waals surface area contributed by atoms with E-state index < -0.39 is 5.97 Å². The van der Waals surface area contributed by atoms with E-state index in [9.17, 15) is 15.2 Å². The fourth-order valence-electron chi connectivity index (χ4n) is 1.87. The van der Waals surface area contributed by atoms with Crippen LogP contribution in [0.25, 0.3) is 17.2 Å². The van der Waals surface area contributed by atoms with Gasteiger partial charge in [0, 0.05) is 5.56 Å². The summed E-state index contributed by atoms with van der Waals surface area (Å²) in [5.74, 6) is -1.01. The number of nitrogens with zero attached hydrogens (tertiary/aromatic N) is 1. The van der Waals surface area contributed by atoms with Gasteiger partial charge in [-0.15, -0.1) is 23.1 Å². The Morgan fingerprint density at radius 1 is 1.45 bits per heavy atom. The van der Waals surface area contributed by atoms with Crippen LogP contribution >= 0.6 is 23.1 Å². The Balaban J connectivity index is 2.70. The summed E-state index contributed by atoms with van der Waals surface area (Å²) in [5.41, 5.74) is 2.63. The zero-order chi connectivity index (χ0) is 14.7. The van der Waals surface area contributed by atoms with Crippen LogP contribution in [0.3, 0.4) is 0 Å². The molecule has 0 unspecified atom stereocenters. The van der Waals surface area contributed by atoms with Crippen LogP contribution in [0.15, 0.2) is 35.1 Å². The Hall–Kier alpha value is -2.03. The van der Waals surface area contributed by atoms with Crippen molar-refractivity contribution >= 4 is 35.1 Å². The molecule has 0 saturated heterocycles. The fraction of sp³-hybridized carbons (Fsp3) is 0.0667. The summed E-state index contributed by atoms with van der Waals surface area (Å²) >= 11 is 2.54. The number of carboxylic acids is 1. The first-order valence-electron chi connectivity index (χ1n) is 5.69. The standard InChI is InChI=1S/C15H11NO2S2/c1-3-9-4-6-10(7-5-9)12-11(8-16)15(19-2)20-13(12)14(17)18/h3-7H,1H2,2H3,(H,17,18). The molecule has 100 valence electrons. The predicted octanol–water partition coefficient (Wildman–Crippen LogP) is 4.35. The van der Waals surface area contributed by atoms with Crippen LogP contribution in [0.5, 0.6) is 0 Å². The lowest BCUT2D eigenvalue weighted by Crippen LogP contribution is -1.95. The van der Waals surface area contributed by atoms with Gasteiger partial charge in [-0.05, 0) is 17.4 Å². The van der Waals surface area contributed by atoms with Gasteiger partial charge in [0.1, 0.15) is 10.9 Å². The molecule has 0 amide bonds. The van der Waals surface area contributed by atoms with E-state index in [2.05, 4.69) is 12.6 Å². The van der Waals surface area contributed by atoms with Crippen LogP contribution in [-0.2, 0) is 0 Å². The number of hydrogen-bond acceptors (Lipinski definition) is 4. The predicted molar refractivity (Wildman–Crippen MR) is 83.3 cm³/mol. The Bertz CT molecular complexity index is 709. The minimum absolute atomic E-state index is 0.206. The van der Waals surface area contributed by atoms with Crippen molar-refractivity contribution in [2.45, 2.75) is 4.21 Å². The molecule has 0 bridgehead atoms. The molecule has 5 heteroatoms. The first-order valence-corrected chi connectivity index (χ1v) is 7.73. The van der Waals surface area contributed by atoms with E-state index in [1.54, 1.807) is 6.08 Å². The summed E-state index contributed by atoms with van der Waals surface area (Å²) in [6, 6.07) is 9.46. The number of carboxylic acid groups (broad SMARTS) is 1. The lowest BCUT2D eigenvalue weighted by Gasteiger charge is -2.03. The van der Waals surface area contributed by atoms with Gasteiger partial charge in [0.25, 0.3) is 0 Å². The summed E-state index contributed by atoms with van der Waals surface area (Å²) in [6.07, 6.45) is 3.55. The highest BCUT2D eigenvalue weighted by molar-refractivity contribution is 8.00. The Kier molecular flexibility index (Phi) is 4.28. The van der Waals surface area contributed by atoms with Crippen LogP contribution in [0, 0.1) is 11.3 Å². The maximum Gasteiger partial charge on any atom is 0.346 e. The van der Waals surface area contributed by atoms with Crippen LogP contribution in [0.1, 0.15) is 20.8 Å². The number of thioether (sulfide) groups is 1. The maximum atomic E-state index is 11.4. The Labute approximate surface area is 125 Å². The molecule has 2 rings (SSSR count). The molecule has 2 aromatic rings. The van der Waals surface area contributed by atoms with Crippen molar-refractivity contribution in [1.29, 1.82) is 5.26 Å². The molecular weight excluding hydrogens is 290 g/mol. The molecule has 0 aliphatic carbocycles. The molecule has 1 aromatic carbocycles. The van der Waals surface area contributed by atoms with Crippen molar-refractivity contribution in [2.24, 2.45) is 0 Å². The second kappa shape index (κ2) is 5.95. The number of nitriles is 1. The molecule has 0 aliphatic rings. The van der Waals surface area contributed by atoms with Crippen LogP contribution in [-0.4, -0.2) is 17.3 Å². The van der Waals surface area contributed by atoms with Gasteiger partial charge >= 0.3 is 5.97 Å². The highest BCUT2D eigenvalue weighted by Crippen LogP contribution is 2.40. The largest absolute Gasteiger partial charge is 0.477 e. The molecule has 0 spiro atoms. The lowest BCUT2D eigenvalue weighted by molar-refractivity contribution is 0.0703. The van der Waals surface area contributed by atoms with Crippen molar-refractivity contribution in [2.75, 3.05) is 6.26 Å². The quantitative estimate of drug-likeness (QED) is 0.853. The summed E-state index contributed by atoms with van der Waals surface area (Å²) < 4.78 is 0.729. The van der Waals surface area contributed by atoms with Gasteiger partial charge in [-0.2, -0.15) is 5.26 Å². The molecule has 1 heterocycles. The second-order valence-electron chi connectivity index (χ2n) is 3.92.